The predicted octanol–water partition coefficient (Wildman–Crippen LogP) is 2.62. The van der Waals surface area contributed by atoms with Gasteiger partial charge >= 0.3 is 0 Å². The van der Waals surface area contributed by atoms with Gasteiger partial charge in [-0.05, 0) is 50.1 Å². The summed E-state index contributed by atoms with van der Waals surface area (Å²) in [5.74, 6) is 0.886. The minimum atomic E-state index is 0.512. The van der Waals surface area contributed by atoms with Crippen LogP contribution in [0.1, 0.15) is 42.2 Å². The second-order valence-corrected chi connectivity index (χ2v) is 5.68. The fraction of sp³-hybridized carbons (Fsp3) is 0.471. The number of nitrogens with zero attached hydrogens (tertiary/aromatic N) is 3. The molecule has 21 heavy (non-hydrogen) atoms. The summed E-state index contributed by atoms with van der Waals surface area (Å²) >= 11 is 0. The molecule has 0 spiro atoms. The van der Waals surface area contributed by atoms with Gasteiger partial charge in [0, 0.05) is 36.2 Å². The molecule has 4 heteroatoms. The lowest BCUT2D eigenvalue weighted by atomic mass is 10.1. The quantitative estimate of drug-likeness (QED) is 0.886. The molecule has 1 N–H and O–H groups in total. The molecule has 0 saturated carbocycles. The van der Waals surface area contributed by atoms with Crippen LogP contribution in [0.25, 0.3) is 0 Å². The van der Waals surface area contributed by atoms with Crippen LogP contribution in [0.5, 0.6) is 0 Å². The van der Waals surface area contributed by atoms with E-state index in [0.29, 0.717) is 6.04 Å². The van der Waals surface area contributed by atoms with Gasteiger partial charge in [-0.3, -0.25) is 4.98 Å². The standard InChI is InChI=1S/C17H24N4/c1-12(2)19-10-7-16-13(3)20-17(21-14(16)4)11-15-5-8-18-9-6-15/h5-6,8-9,12,19H,7,10-11H2,1-4H3. The zero-order chi connectivity index (χ0) is 15.2. The fourth-order valence-corrected chi connectivity index (χ4v) is 2.42. The lowest BCUT2D eigenvalue weighted by Crippen LogP contribution is -2.25. The smallest absolute Gasteiger partial charge is 0.133 e. The minimum absolute atomic E-state index is 0.512. The normalized spacial score (nSPS) is 11.1. The molecule has 0 aliphatic carbocycles. The van der Waals surface area contributed by atoms with Crippen LogP contribution >= 0.6 is 0 Å². The molecule has 0 atom stereocenters. The van der Waals surface area contributed by atoms with Crippen LogP contribution in [0.2, 0.25) is 0 Å². The highest BCUT2D eigenvalue weighted by atomic mass is 14.9. The van der Waals surface area contributed by atoms with Gasteiger partial charge in [-0.25, -0.2) is 9.97 Å². The van der Waals surface area contributed by atoms with Gasteiger partial charge in [-0.15, -0.1) is 0 Å². The molecule has 112 valence electrons. The molecule has 0 radical (unpaired) electrons. The van der Waals surface area contributed by atoms with Crippen LogP contribution in [0.4, 0.5) is 0 Å². The van der Waals surface area contributed by atoms with Gasteiger partial charge < -0.3 is 5.32 Å². The van der Waals surface area contributed by atoms with E-state index in [1.54, 1.807) is 12.4 Å². The molecule has 0 aliphatic rings. The van der Waals surface area contributed by atoms with Crippen molar-refractivity contribution in [1.29, 1.82) is 0 Å². The topological polar surface area (TPSA) is 50.7 Å². The monoisotopic (exact) mass is 284 g/mol. The van der Waals surface area contributed by atoms with Gasteiger partial charge in [0.15, 0.2) is 0 Å². The third kappa shape index (κ3) is 4.60. The Bertz CT molecular complexity index is 556. The molecule has 2 aromatic rings. The van der Waals surface area contributed by atoms with E-state index >= 15 is 0 Å². The van der Waals surface area contributed by atoms with Crippen LogP contribution < -0.4 is 5.32 Å². The number of aromatic nitrogens is 3. The molecule has 0 aliphatic heterocycles. The average molecular weight is 284 g/mol. The largest absolute Gasteiger partial charge is 0.314 e. The highest BCUT2D eigenvalue weighted by molar-refractivity contribution is 5.26. The summed E-state index contributed by atoms with van der Waals surface area (Å²) in [4.78, 5) is 13.4. The van der Waals surface area contributed by atoms with Gasteiger partial charge in [-0.2, -0.15) is 0 Å². The zero-order valence-corrected chi connectivity index (χ0v) is 13.3. The second kappa shape index (κ2) is 7.27. The zero-order valence-electron chi connectivity index (χ0n) is 13.3. The molecule has 0 unspecified atom stereocenters. The summed E-state index contributed by atoms with van der Waals surface area (Å²) in [5.41, 5.74) is 4.65. The van der Waals surface area contributed by atoms with E-state index in [2.05, 4.69) is 48.0 Å². The highest BCUT2D eigenvalue weighted by Crippen LogP contribution is 2.13. The van der Waals surface area contributed by atoms with E-state index in [0.717, 1.165) is 36.6 Å². The predicted molar refractivity (Wildman–Crippen MR) is 85.4 cm³/mol. The number of hydrogen-bond acceptors (Lipinski definition) is 4. The molecule has 2 aromatic heterocycles. The van der Waals surface area contributed by atoms with Gasteiger partial charge in [0.2, 0.25) is 0 Å². The second-order valence-electron chi connectivity index (χ2n) is 5.68. The van der Waals surface area contributed by atoms with E-state index in [-0.39, 0.29) is 0 Å². The van der Waals surface area contributed by atoms with Crippen molar-refractivity contribution in [2.24, 2.45) is 0 Å². The van der Waals surface area contributed by atoms with Crippen LogP contribution in [0, 0.1) is 13.8 Å². The number of pyridine rings is 1. The number of hydrogen-bond donors (Lipinski definition) is 1. The Kier molecular flexibility index (Phi) is 5.39. The van der Waals surface area contributed by atoms with Crippen molar-refractivity contribution in [1.82, 2.24) is 20.3 Å². The molecule has 4 nitrogen and oxygen atoms in total. The Balaban J connectivity index is 2.09. The molecule has 0 bridgehead atoms. The van der Waals surface area contributed by atoms with Crippen molar-refractivity contribution >= 4 is 0 Å². The van der Waals surface area contributed by atoms with Crippen LogP contribution in [0.15, 0.2) is 24.5 Å². The molecule has 0 saturated heterocycles. The SMILES string of the molecule is Cc1nc(Cc2ccncc2)nc(C)c1CCNC(C)C. The summed E-state index contributed by atoms with van der Waals surface area (Å²) in [5, 5.41) is 3.44. The van der Waals surface area contributed by atoms with Crippen LogP contribution in [-0.2, 0) is 12.8 Å². The molecule has 2 heterocycles. The van der Waals surface area contributed by atoms with E-state index < -0.39 is 0 Å². The number of rotatable bonds is 6. The summed E-state index contributed by atoms with van der Waals surface area (Å²) in [6, 6.07) is 4.53. The lowest BCUT2D eigenvalue weighted by molar-refractivity contribution is 0.587. The molecule has 0 fully saturated rings. The van der Waals surface area contributed by atoms with E-state index in [1.807, 2.05) is 12.1 Å². The molecule has 0 aromatic carbocycles. The molecular weight excluding hydrogens is 260 g/mol. The third-order valence-electron chi connectivity index (χ3n) is 3.51. The molecule has 2 rings (SSSR count). The van der Waals surface area contributed by atoms with E-state index in [9.17, 15) is 0 Å². The maximum atomic E-state index is 4.67. The summed E-state index contributed by atoms with van der Waals surface area (Å²) in [6.45, 7) is 9.44. The van der Waals surface area contributed by atoms with Gasteiger partial charge in [0.25, 0.3) is 0 Å². The Labute approximate surface area is 127 Å². The van der Waals surface area contributed by atoms with E-state index in [1.165, 1.54) is 11.1 Å². The Morgan fingerprint density at radius 3 is 2.24 bits per heavy atom. The first-order chi connectivity index (χ1) is 10.1. The van der Waals surface area contributed by atoms with Crippen molar-refractivity contribution in [2.75, 3.05) is 6.54 Å². The average Bonchev–Trinajstić information content (AvgIpc) is 2.42. The van der Waals surface area contributed by atoms with Gasteiger partial charge in [0.05, 0.1) is 0 Å². The maximum absolute atomic E-state index is 4.67. The summed E-state index contributed by atoms with van der Waals surface area (Å²) in [7, 11) is 0. The Morgan fingerprint density at radius 2 is 1.67 bits per heavy atom. The first kappa shape index (κ1) is 15.6. The Hall–Kier alpha value is -1.81. The number of aryl methyl sites for hydroxylation is 2. The molecular formula is C17H24N4. The number of nitrogens with one attached hydrogen (secondary N) is 1. The van der Waals surface area contributed by atoms with E-state index in [4.69, 9.17) is 0 Å². The van der Waals surface area contributed by atoms with Crippen molar-refractivity contribution < 1.29 is 0 Å². The first-order valence-corrected chi connectivity index (χ1v) is 7.51. The third-order valence-corrected chi connectivity index (χ3v) is 3.51. The van der Waals surface area contributed by atoms with Crippen molar-refractivity contribution in [3.05, 3.63) is 52.9 Å². The van der Waals surface area contributed by atoms with Gasteiger partial charge in [0.1, 0.15) is 5.82 Å². The van der Waals surface area contributed by atoms with Crippen molar-refractivity contribution in [3.63, 3.8) is 0 Å². The lowest BCUT2D eigenvalue weighted by Gasteiger charge is -2.13. The summed E-state index contributed by atoms with van der Waals surface area (Å²) in [6.07, 6.45) is 5.35. The first-order valence-electron chi connectivity index (χ1n) is 7.51. The van der Waals surface area contributed by atoms with Crippen LogP contribution in [0.3, 0.4) is 0 Å². The van der Waals surface area contributed by atoms with Gasteiger partial charge in [-0.1, -0.05) is 13.8 Å². The van der Waals surface area contributed by atoms with Crippen molar-refractivity contribution in [3.8, 4) is 0 Å². The fourth-order valence-electron chi connectivity index (χ4n) is 2.42. The minimum Gasteiger partial charge on any atom is -0.314 e. The van der Waals surface area contributed by atoms with Crippen LogP contribution in [-0.4, -0.2) is 27.5 Å². The maximum Gasteiger partial charge on any atom is 0.133 e. The summed E-state index contributed by atoms with van der Waals surface area (Å²) < 4.78 is 0. The highest BCUT2D eigenvalue weighted by Gasteiger charge is 2.09. The van der Waals surface area contributed by atoms with Crippen molar-refractivity contribution in [2.45, 2.75) is 46.6 Å². The Morgan fingerprint density at radius 1 is 1.05 bits per heavy atom. The molecule has 0 amide bonds.